The van der Waals surface area contributed by atoms with Crippen LogP contribution in [0.25, 0.3) is 5.69 Å². The first-order chi connectivity index (χ1) is 8.76. The Morgan fingerprint density at radius 2 is 2.22 bits per heavy atom. The summed E-state index contributed by atoms with van der Waals surface area (Å²) in [7, 11) is 1.98. The molecule has 96 valence electrons. The highest BCUT2D eigenvalue weighted by Gasteiger charge is 2.07. The van der Waals surface area contributed by atoms with E-state index in [0.29, 0.717) is 6.04 Å². The third-order valence-corrected chi connectivity index (χ3v) is 3.27. The number of nitrogens with one attached hydrogen (secondary N) is 1. The Labute approximate surface area is 109 Å². The largest absolute Gasteiger partial charge is 0.313 e. The topological polar surface area (TPSA) is 29.9 Å². The Morgan fingerprint density at radius 3 is 2.94 bits per heavy atom. The second-order valence-corrected chi connectivity index (χ2v) is 4.57. The molecule has 0 aliphatic heterocycles. The van der Waals surface area contributed by atoms with E-state index in [-0.39, 0.29) is 0 Å². The van der Waals surface area contributed by atoms with Gasteiger partial charge in [0.15, 0.2) is 0 Å². The zero-order valence-corrected chi connectivity index (χ0v) is 11.4. The van der Waals surface area contributed by atoms with Gasteiger partial charge in [0.2, 0.25) is 0 Å². The van der Waals surface area contributed by atoms with E-state index >= 15 is 0 Å². The molecule has 0 bridgehead atoms. The quantitative estimate of drug-likeness (QED) is 0.874. The first-order valence-electron chi connectivity index (χ1n) is 6.56. The third-order valence-electron chi connectivity index (χ3n) is 3.27. The van der Waals surface area contributed by atoms with Crippen molar-refractivity contribution >= 4 is 0 Å². The fraction of sp³-hybridized carbons (Fsp3) is 0.400. The number of rotatable bonds is 5. The zero-order valence-electron chi connectivity index (χ0n) is 11.4. The Morgan fingerprint density at radius 1 is 1.39 bits per heavy atom. The monoisotopic (exact) mass is 243 g/mol. The van der Waals surface area contributed by atoms with E-state index in [2.05, 4.69) is 53.0 Å². The number of imidazole rings is 1. The minimum absolute atomic E-state index is 0.364. The lowest BCUT2D eigenvalue weighted by molar-refractivity contribution is 0.651. The Balaban J connectivity index is 2.35. The normalized spacial score (nSPS) is 12.6. The van der Waals surface area contributed by atoms with Crippen LogP contribution in [-0.2, 0) is 6.42 Å². The molecule has 1 unspecified atom stereocenters. The molecule has 1 aromatic heterocycles. The lowest BCUT2D eigenvalue weighted by Crippen LogP contribution is -2.12. The summed E-state index contributed by atoms with van der Waals surface area (Å²) in [4.78, 5) is 4.42. The number of hydrogen-bond donors (Lipinski definition) is 1. The molecule has 1 heterocycles. The number of nitrogens with zero attached hydrogens (tertiary/aromatic N) is 2. The van der Waals surface area contributed by atoms with Crippen molar-refractivity contribution in [1.29, 1.82) is 0 Å². The molecule has 0 spiro atoms. The molecule has 2 aromatic rings. The maximum atomic E-state index is 4.42. The summed E-state index contributed by atoms with van der Waals surface area (Å²) in [5.41, 5.74) is 2.49. The molecule has 0 saturated heterocycles. The third kappa shape index (κ3) is 2.62. The molecule has 0 fully saturated rings. The van der Waals surface area contributed by atoms with Gasteiger partial charge in [-0.25, -0.2) is 4.98 Å². The van der Waals surface area contributed by atoms with Gasteiger partial charge >= 0.3 is 0 Å². The minimum atomic E-state index is 0.364. The average molecular weight is 243 g/mol. The van der Waals surface area contributed by atoms with Gasteiger partial charge in [-0.1, -0.05) is 19.1 Å². The van der Waals surface area contributed by atoms with Crippen molar-refractivity contribution in [3.05, 3.63) is 48.0 Å². The Bertz CT molecular complexity index is 502. The van der Waals surface area contributed by atoms with Crippen LogP contribution in [0.3, 0.4) is 0 Å². The summed E-state index contributed by atoms with van der Waals surface area (Å²) in [6, 6.07) is 8.98. The molecular weight excluding hydrogens is 222 g/mol. The van der Waals surface area contributed by atoms with E-state index in [1.165, 1.54) is 11.3 Å². The maximum absolute atomic E-state index is 4.42. The minimum Gasteiger partial charge on any atom is -0.313 e. The first-order valence-corrected chi connectivity index (χ1v) is 6.56. The van der Waals surface area contributed by atoms with E-state index in [1.54, 1.807) is 0 Å². The van der Waals surface area contributed by atoms with Crippen molar-refractivity contribution in [3.8, 4) is 5.69 Å². The Hall–Kier alpha value is -1.61. The fourth-order valence-corrected chi connectivity index (χ4v) is 2.09. The van der Waals surface area contributed by atoms with Crippen molar-refractivity contribution in [2.45, 2.75) is 32.7 Å². The lowest BCUT2D eigenvalue weighted by Gasteiger charge is -2.13. The van der Waals surface area contributed by atoms with Crippen LogP contribution >= 0.6 is 0 Å². The van der Waals surface area contributed by atoms with Crippen LogP contribution in [0.5, 0.6) is 0 Å². The standard InChI is InChI=1S/C15H21N3/c1-4-6-15-17-9-10-18(15)14-8-5-7-13(11-14)12(2)16-3/h5,7-12,16H,4,6H2,1-3H3. The fourth-order valence-electron chi connectivity index (χ4n) is 2.09. The van der Waals surface area contributed by atoms with Gasteiger partial charge < -0.3 is 9.88 Å². The van der Waals surface area contributed by atoms with E-state index in [1.807, 2.05) is 19.4 Å². The summed E-state index contributed by atoms with van der Waals surface area (Å²) < 4.78 is 2.18. The molecule has 1 atom stereocenters. The van der Waals surface area contributed by atoms with E-state index in [4.69, 9.17) is 0 Å². The van der Waals surface area contributed by atoms with Crippen molar-refractivity contribution < 1.29 is 0 Å². The molecule has 0 aliphatic rings. The van der Waals surface area contributed by atoms with Gasteiger partial charge in [0, 0.05) is 30.5 Å². The predicted octanol–water partition coefficient (Wildman–Crippen LogP) is 3.11. The summed E-state index contributed by atoms with van der Waals surface area (Å²) in [5, 5.41) is 3.27. The molecule has 0 aliphatic carbocycles. The number of aromatic nitrogens is 2. The molecule has 0 saturated carbocycles. The van der Waals surface area contributed by atoms with Crippen LogP contribution in [0.2, 0.25) is 0 Å². The van der Waals surface area contributed by atoms with Crippen molar-refractivity contribution in [2.24, 2.45) is 0 Å². The van der Waals surface area contributed by atoms with Gasteiger partial charge in [0.05, 0.1) is 0 Å². The second kappa shape index (κ2) is 5.83. The van der Waals surface area contributed by atoms with Crippen LogP contribution in [0.1, 0.15) is 37.7 Å². The second-order valence-electron chi connectivity index (χ2n) is 4.57. The number of hydrogen-bond acceptors (Lipinski definition) is 2. The average Bonchev–Trinajstić information content (AvgIpc) is 2.87. The van der Waals surface area contributed by atoms with E-state index in [9.17, 15) is 0 Å². The SMILES string of the molecule is CCCc1nccn1-c1cccc(C(C)NC)c1. The van der Waals surface area contributed by atoms with Crippen LogP contribution in [0, 0.1) is 0 Å². The first kappa shape index (κ1) is 12.8. The molecule has 3 heteroatoms. The molecule has 0 amide bonds. The van der Waals surface area contributed by atoms with E-state index in [0.717, 1.165) is 18.7 Å². The van der Waals surface area contributed by atoms with E-state index < -0.39 is 0 Å². The van der Waals surface area contributed by atoms with Crippen molar-refractivity contribution in [2.75, 3.05) is 7.05 Å². The van der Waals surface area contributed by atoms with Gasteiger partial charge in [-0.3, -0.25) is 0 Å². The smallest absolute Gasteiger partial charge is 0.113 e. The van der Waals surface area contributed by atoms with Crippen LogP contribution in [0.4, 0.5) is 0 Å². The number of aryl methyl sites for hydroxylation is 1. The Kier molecular flexibility index (Phi) is 4.15. The molecular formula is C15H21N3. The molecule has 2 rings (SSSR count). The molecule has 0 radical (unpaired) electrons. The highest BCUT2D eigenvalue weighted by Crippen LogP contribution is 2.18. The maximum Gasteiger partial charge on any atom is 0.113 e. The van der Waals surface area contributed by atoms with Crippen LogP contribution in [-0.4, -0.2) is 16.6 Å². The lowest BCUT2D eigenvalue weighted by atomic mass is 10.1. The van der Waals surface area contributed by atoms with Crippen molar-refractivity contribution in [3.63, 3.8) is 0 Å². The van der Waals surface area contributed by atoms with Crippen LogP contribution in [0.15, 0.2) is 36.7 Å². The molecule has 3 nitrogen and oxygen atoms in total. The summed E-state index contributed by atoms with van der Waals surface area (Å²) in [5.74, 6) is 1.13. The highest BCUT2D eigenvalue weighted by atomic mass is 15.1. The van der Waals surface area contributed by atoms with Crippen molar-refractivity contribution in [1.82, 2.24) is 14.9 Å². The summed E-state index contributed by atoms with van der Waals surface area (Å²) in [6.07, 6.45) is 6.04. The van der Waals surface area contributed by atoms with Gasteiger partial charge in [0.1, 0.15) is 5.82 Å². The zero-order chi connectivity index (χ0) is 13.0. The highest BCUT2D eigenvalue weighted by molar-refractivity contribution is 5.38. The summed E-state index contributed by atoms with van der Waals surface area (Å²) in [6.45, 7) is 4.35. The van der Waals surface area contributed by atoms with Gasteiger partial charge in [-0.05, 0) is 38.1 Å². The summed E-state index contributed by atoms with van der Waals surface area (Å²) >= 11 is 0. The molecule has 1 N–H and O–H groups in total. The van der Waals surface area contributed by atoms with Gasteiger partial charge in [-0.2, -0.15) is 0 Å². The molecule has 18 heavy (non-hydrogen) atoms. The van der Waals surface area contributed by atoms with Crippen LogP contribution < -0.4 is 5.32 Å². The predicted molar refractivity (Wildman–Crippen MR) is 75.0 cm³/mol. The van der Waals surface area contributed by atoms with Gasteiger partial charge in [0.25, 0.3) is 0 Å². The number of benzene rings is 1. The van der Waals surface area contributed by atoms with Gasteiger partial charge in [-0.15, -0.1) is 0 Å². The molecule has 1 aromatic carbocycles.